The van der Waals surface area contributed by atoms with Crippen LogP contribution in [0.15, 0.2) is 22.7 Å². The van der Waals surface area contributed by atoms with E-state index >= 15 is 0 Å². The standard InChI is InChI=1S/C7H5BBrF3O2/c9-6-4(7(10,11)12)2-1-3-5(6)8(13)14/h1-3,13-14H. The SMILES string of the molecule is OB(O)c1cccc(C(F)(F)F)c1Br. The van der Waals surface area contributed by atoms with Crippen LogP contribution in [0.3, 0.4) is 0 Å². The zero-order chi connectivity index (χ0) is 10.9. The number of benzene rings is 1. The van der Waals surface area contributed by atoms with E-state index in [9.17, 15) is 13.2 Å². The fourth-order valence-electron chi connectivity index (χ4n) is 0.968. The van der Waals surface area contributed by atoms with Crippen molar-refractivity contribution >= 4 is 28.5 Å². The molecule has 0 aliphatic heterocycles. The van der Waals surface area contributed by atoms with Crippen molar-refractivity contribution in [1.29, 1.82) is 0 Å². The Bertz CT molecular complexity index is 340. The molecule has 1 rings (SSSR count). The third-order valence-electron chi connectivity index (χ3n) is 1.61. The molecule has 76 valence electrons. The van der Waals surface area contributed by atoms with Gasteiger partial charge in [0.1, 0.15) is 0 Å². The van der Waals surface area contributed by atoms with Gasteiger partial charge in [0.05, 0.1) is 5.56 Å². The van der Waals surface area contributed by atoms with Crippen LogP contribution in [0.2, 0.25) is 0 Å². The molecule has 2 N–H and O–H groups in total. The third kappa shape index (κ3) is 2.28. The van der Waals surface area contributed by atoms with Crippen LogP contribution in [0, 0.1) is 0 Å². The van der Waals surface area contributed by atoms with E-state index in [4.69, 9.17) is 10.0 Å². The van der Waals surface area contributed by atoms with Gasteiger partial charge in [-0.2, -0.15) is 13.2 Å². The minimum absolute atomic E-state index is 0.208. The predicted octanol–water partition coefficient (Wildman–Crippen LogP) is 1.15. The molecule has 2 nitrogen and oxygen atoms in total. The molecule has 1 aromatic rings. The van der Waals surface area contributed by atoms with E-state index in [2.05, 4.69) is 15.9 Å². The summed E-state index contributed by atoms with van der Waals surface area (Å²) < 4.78 is 36.6. The summed E-state index contributed by atoms with van der Waals surface area (Å²) in [6.45, 7) is 0. The first-order chi connectivity index (χ1) is 6.34. The van der Waals surface area contributed by atoms with Crippen LogP contribution in [-0.2, 0) is 6.18 Å². The molecular formula is C7H5BBrF3O2. The summed E-state index contributed by atoms with van der Waals surface area (Å²) in [5, 5.41) is 17.5. The third-order valence-corrected chi connectivity index (χ3v) is 2.50. The van der Waals surface area contributed by atoms with Crippen molar-refractivity contribution < 1.29 is 23.2 Å². The van der Waals surface area contributed by atoms with Crippen molar-refractivity contribution in [2.75, 3.05) is 0 Å². The smallest absolute Gasteiger partial charge is 0.423 e. The molecule has 0 saturated carbocycles. The maximum Gasteiger partial charge on any atom is 0.489 e. The first kappa shape index (κ1) is 11.5. The minimum atomic E-state index is -4.51. The van der Waals surface area contributed by atoms with E-state index in [0.29, 0.717) is 0 Å². The van der Waals surface area contributed by atoms with E-state index in [1.807, 2.05) is 0 Å². The quantitative estimate of drug-likeness (QED) is 0.750. The molecule has 14 heavy (non-hydrogen) atoms. The highest BCUT2D eigenvalue weighted by molar-refractivity contribution is 9.10. The van der Waals surface area contributed by atoms with Gasteiger partial charge in [0.2, 0.25) is 0 Å². The first-order valence-electron chi connectivity index (χ1n) is 3.56. The summed E-state index contributed by atoms with van der Waals surface area (Å²) >= 11 is 2.68. The predicted molar refractivity (Wildman–Crippen MR) is 49.0 cm³/mol. The van der Waals surface area contributed by atoms with Crippen LogP contribution < -0.4 is 5.46 Å². The molecule has 1 aromatic carbocycles. The van der Waals surface area contributed by atoms with E-state index in [0.717, 1.165) is 12.1 Å². The van der Waals surface area contributed by atoms with Crippen LogP contribution in [0.5, 0.6) is 0 Å². The van der Waals surface area contributed by atoms with Crippen LogP contribution in [0.4, 0.5) is 13.2 Å². The average Bonchev–Trinajstić information content (AvgIpc) is 2.01. The fraction of sp³-hybridized carbons (Fsp3) is 0.143. The maximum absolute atomic E-state index is 12.3. The van der Waals surface area contributed by atoms with Crippen LogP contribution in [0.25, 0.3) is 0 Å². The van der Waals surface area contributed by atoms with Gasteiger partial charge >= 0.3 is 13.3 Å². The Kier molecular flexibility index (Phi) is 3.23. The van der Waals surface area contributed by atoms with E-state index in [1.54, 1.807) is 0 Å². The molecule has 0 aliphatic rings. The zero-order valence-electron chi connectivity index (χ0n) is 6.72. The molecule has 0 unspecified atom stereocenters. The van der Waals surface area contributed by atoms with Crippen molar-refractivity contribution in [3.63, 3.8) is 0 Å². The van der Waals surface area contributed by atoms with E-state index in [-0.39, 0.29) is 9.94 Å². The monoisotopic (exact) mass is 268 g/mol. The Balaban J connectivity index is 3.28. The van der Waals surface area contributed by atoms with Gasteiger partial charge in [-0.15, -0.1) is 0 Å². The number of alkyl halides is 3. The highest BCUT2D eigenvalue weighted by atomic mass is 79.9. The molecule has 0 amide bonds. The van der Waals surface area contributed by atoms with Crippen molar-refractivity contribution in [1.82, 2.24) is 0 Å². The fourth-order valence-corrected chi connectivity index (χ4v) is 1.66. The summed E-state index contributed by atoms with van der Waals surface area (Å²) in [6.07, 6.45) is -4.51. The van der Waals surface area contributed by atoms with Gasteiger partial charge in [-0.25, -0.2) is 0 Å². The Morgan fingerprint density at radius 1 is 1.21 bits per heavy atom. The van der Waals surface area contributed by atoms with Crippen molar-refractivity contribution in [2.24, 2.45) is 0 Å². The van der Waals surface area contributed by atoms with Crippen LogP contribution in [-0.4, -0.2) is 17.2 Å². The normalized spacial score (nSPS) is 11.6. The van der Waals surface area contributed by atoms with Crippen molar-refractivity contribution in [2.45, 2.75) is 6.18 Å². The highest BCUT2D eigenvalue weighted by Gasteiger charge is 2.34. The Morgan fingerprint density at radius 2 is 1.79 bits per heavy atom. The summed E-state index contributed by atoms with van der Waals surface area (Å²) in [5.41, 5.74) is -1.14. The summed E-state index contributed by atoms with van der Waals surface area (Å²) in [7, 11) is -1.92. The molecule has 0 atom stereocenters. The van der Waals surface area contributed by atoms with Gasteiger partial charge in [-0.1, -0.05) is 28.1 Å². The Labute approximate surface area is 86.6 Å². The Morgan fingerprint density at radius 3 is 2.21 bits per heavy atom. The summed E-state index contributed by atoms with van der Waals surface area (Å²) in [5.74, 6) is 0. The van der Waals surface area contributed by atoms with Crippen LogP contribution >= 0.6 is 15.9 Å². The minimum Gasteiger partial charge on any atom is -0.423 e. The van der Waals surface area contributed by atoms with E-state index in [1.165, 1.54) is 6.07 Å². The molecule has 0 heterocycles. The number of hydrogen-bond acceptors (Lipinski definition) is 2. The highest BCUT2D eigenvalue weighted by Crippen LogP contribution is 2.33. The zero-order valence-corrected chi connectivity index (χ0v) is 8.30. The second kappa shape index (κ2) is 3.92. The lowest BCUT2D eigenvalue weighted by molar-refractivity contribution is -0.138. The number of rotatable bonds is 1. The number of hydrogen-bond donors (Lipinski definition) is 2. The van der Waals surface area contributed by atoms with Gasteiger partial charge < -0.3 is 10.0 Å². The maximum atomic E-state index is 12.3. The Hall–Kier alpha value is -0.525. The topological polar surface area (TPSA) is 40.5 Å². The molecular weight excluding hydrogens is 264 g/mol. The molecule has 0 aromatic heterocycles. The molecule has 0 fully saturated rings. The molecule has 0 radical (unpaired) electrons. The summed E-state index contributed by atoms with van der Waals surface area (Å²) in [6, 6.07) is 3.17. The first-order valence-corrected chi connectivity index (χ1v) is 4.35. The van der Waals surface area contributed by atoms with Crippen molar-refractivity contribution in [3.05, 3.63) is 28.2 Å². The molecule has 0 aliphatic carbocycles. The van der Waals surface area contributed by atoms with Gasteiger partial charge in [0.25, 0.3) is 0 Å². The van der Waals surface area contributed by atoms with Gasteiger partial charge in [0, 0.05) is 4.47 Å². The lowest BCUT2D eigenvalue weighted by atomic mass is 9.79. The van der Waals surface area contributed by atoms with Gasteiger partial charge in [-0.3, -0.25) is 0 Å². The summed E-state index contributed by atoms with van der Waals surface area (Å²) in [4.78, 5) is 0. The largest absolute Gasteiger partial charge is 0.489 e. The average molecular weight is 269 g/mol. The second-order valence-corrected chi connectivity index (χ2v) is 3.37. The number of halogens is 4. The molecule has 0 saturated heterocycles. The van der Waals surface area contributed by atoms with Crippen molar-refractivity contribution in [3.8, 4) is 0 Å². The van der Waals surface area contributed by atoms with Crippen LogP contribution in [0.1, 0.15) is 5.56 Å². The molecule has 0 spiro atoms. The molecule has 0 bridgehead atoms. The van der Waals surface area contributed by atoms with Gasteiger partial charge in [-0.05, 0) is 11.5 Å². The van der Waals surface area contributed by atoms with E-state index < -0.39 is 18.9 Å². The lowest BCUT2D eigenvalue weighted by Gasteiger charge is -2.11. The second-order valence-electron chi connectivity index (χ2n) is 2.58. The molecule has 7 heteroatoms. The lowest BCUT2D eigenvalue weighted by Crippen LogP contribution is -2.32. The van der Waals surface area contributed by atoms with Gasteiger partial charge in [0.15, 0.2) is 0 Å².